The first-order valence-corrected chi connectivity index (χ1v) is 6.65. The summed E-state index contributed by atoms with van der Waals surface area (Å²) < 4.78 is 0. The highest BCUT2D eigenvalue weighted by molar-refractivity contribution is 6.01. The third kappa shape index (κ3) is 2.79. The molecular weight excluding hydrogens is 288 g/mol. The molecule has 1 aromatic rings. The van der Waals surface area contributed by atoms with Crippen molar-refractivity contribution in [1.29, 1.82) is 0 Å². The Labute approximate surface area is 126 Å². The van der Waals surface area contributed by atoms with E-state index in [2.05, 4.69) is 0 Å². The Morgan fingerprint density at radius 1 is 1.00 bits per heavy atom. The molecule has 0 heterocycles. The van der Waals surface area contributed by atoms with Crippen molar-refractivity contribution in [2.24, 2.45) is 5.41 Å². The molecule has 2 unspecified atom stereocenters. The van der Waals surface area contributed by atoms with Gasteiger partial charge in [0, 0.05) is 0 Å². The Balaban J connectivity index is 2.19. The molecule has 2 atom stereocenters. The van der Waals surface area contributed by atoms with Crippen molar-refractivity contribution >= 4 is 11.9 Å². The lowest BCUT2D eigenvalue weighted by Crippen LogP contribution is -2.38. The van der Waals surface area contributed by atoms with E-state index in [0.717, 1.165) is 6.08 Å². The van der Waals surface area contributed by atoms with Gasteiger partial charge in [-0.1, -0.05) is 48.6 Å². The van der Waals surface area contributed by atoms with E-state index in [1.807, 2.05) is 0 Å². The number of hydrogen-bond acceptors (Lipinski definition) is 4. The zero-order valence-electron chi connectivity index (χ0n) is 11.6. The smallest absolute Gasteiger partial charge is 0.325 e. The van der Waals surface area contributed by atoms with Crippen LogP contribution in [0.2, 0.25) is 0 Å². The topological polar surface area (TPSA) is 115 Å². The van der Waals surface area contributed by atoms with Crippen LogP contribution in [0.4, 0.5) is 0 Å². The number of carboxylic acids is 2. The second kappa shape index (κ2) is 6.13. The Hall–Kier alpha value is -2.44. The molecule has 0 spiro atoms. The lowest BCUT2D eigenvalue weighted by atomic mass is 9.78. The summed E-state index contributed by atoms with van der Waals surface area (Å²) in [6, 6.07) is 8.52. The summed E-state index contributed by atoms with van der Waals surface area (Å²) in [4.78, 5) is 22.4. The van der Waals surface area contributed by atoms with Crippen LogP contribution < -0.4 is 0 Å². The molecule has 0 saturated heterocycles. The summed E-state index contributed by atoms with van der Waals surface area (Å²) in [6.45, 7) is 0. The number of allylic oxidation sites excluding steroid dienone is 1. The predicted molar refractivity (Wildman–Crippen MR) is 77.0 cm³/mol. The summed E-state index contributed by atoms with van der Waals surface area (Å²) >= 11 is 0. The minimum atomic E-state index is -2.03. The van der Waals surface area contributed by atoms with Gasteiger partial charge < -0.3 is 20.4 Å². The quantitative estimate of drug-likeness (QED) is 0.606. The molecule has 0 radical (unpaired) electrons. The summed E-state index contributed by atoms with van der Waals surface area (Å²) in [7, 11) is 0. The van der Waals surface area contributed by atoms with Crippen molar-refractivity contribution in [3.63, 3.8) is 0 Å². The van der Waals surface area contributed by atoms with Gasteiger partial charge in [-0.2, -0.15) is 0 Å². The summed E-state index contributed by atoms with van der Waals surface area (Å²) in [5.41, 5.74) is -1.23. The van der Waals surface area contributed by atoms with E-state index in [9.17, 15) is 19.8 Å². The van der Waals surface area contributed by atoms with E-state index in [4.69, 9.17) is 10.2 Å². The van der Waals surface area contributed by atoms with Gasteiger partial charge in [-0.15, -0.1) is 0 Å². The molecule has 0 fully saturated rings. The van der Waals surface area contributed by atoms with E-state index in [-0.39, 0.29) is 12.0 Å². The summed E-state index contributed by atoms with van der Waals surface area (Å²) in [5, 5.41) is 38.5. The number of rotatable bonds is 5. The van der Waals surface area contributed by atoms with Crippen LogP contribution in [0.1, 0.15) is 18.1 Å². The van der Waals surface area contributed by atoms with E-state index in [1.165, 1.54) is 12.2 Å². The van der Waals surface area contributed by atoms with Crippen LogP contribution in [0.25, 0.3) is 0 Å². The van der Waals surface area contributed by atoms with Crippen LogP contribution in [0.15, 0.2) is 54.1 Å². The molecule has 4 N–H and O–H groups in total. The number of benzene rings is 1. The molecule has 1 aromatic carbocycles. The van der Waals surface area contributed by atoms with E-state index < -0.39 is 29.6 Å². The molecular formula is C16H16O6. The molecule has 6 heteroatoms. The first kappa shape index (κ1) is 15.9. The van der Waals surface area contributed by atoms with Crippen molar-refractivity contribution in [3.05, 3.63) is 59.7 Å². The van der Waals surface area contributed by atoms with Gasteiger partial charge in [-0.3, -0.25) is 9.59 Å². The van der Waals surface area contributed by atoms with Crippen LogP contribution >= 0.6 is 0 Å². The standard InChI is InChI=1S/C16H16O6/c17-12(10-4-2-1-3-5-10)13(18)11-6-8-16(9-7-11,14(19)20)15(21)22/h1-8,12-13,17-18H,9H2,(H,19,20)(H,21,22). The fourth-order valence-corrected chi connectivity index (χ4v) is 2.30. The van der Waals surface area contributed by atoms with E-state index in [1.54, 1.807) is 30.3 Å². The molecule has 0 aromatic heterocycles. The largest absolute Gasteiger partial charge is 0.480 e. The molecule has 0 saturated carbocycles. The molecule has 1 aliphatic rings. The minimum absolute atomic E-state index is 0.287. The Morgan fingerprint density at radius 2 is 1.59 bits per heavy atom. The third-order valence-corrected chi connectivity index (χ3v) is 3.76. The maximum Gasteiger partial charge on any atom is 0.325 e. The van der Waals surface area contributed by atoms with Crippen LogP contribution in [0, 0.1) is 5.41 Å². The highest BCUT2D eigenvalue weighted by Gasteiger charge is 2.45. The Bertz CT molecular complexity index is 617. The average Bonchev–Trinajstić information content (AvgIpc) is 2.54. The molecule has 2 rings (SSSR count). The predicted octanol–water partition coefficient (Wildman–Crippen LogP) is 1.12. The minimum Gasteiger partial charge on any atom is -0.480 e. The van der Waals surface area contributed by atoms with Crippen LogP contribution in [0.3, 0.4) is 0 Å². The fraction of sp³-hybridized carbons (Fsp3) is 0.250. The van der Waals surface area contributed by atoms with Gasteiger partial charge in [0.05, 0.1) is 0 Å². The first-order valence-electron chi connectivity index (χ1n) is 6.65. The van der Waals surface area contributed by atoms with Gasteiger partial charge >= 0.3 is 11.9 Å². The number of hydrogen-bond donors (Lipinski definition) is 4. The highest BCUT2D eigenvalue weighted by Crippen LogP contribution is 2.33. The van der Waals surface area contributed by atoms with E-state index in [0.29, 0.717) is 5.56 Å². The fourth-order valence-electron chi connectivity index (χ4n) is 2.30. The summed E-state index contributed by atoms with van der Waals surface area (Å²) in [5.74, 6) is -2.94. The summed E-state index contributed by atoms with van der Waals surface area (Å²) in [6.07, 6.45) is 0.871. The SMILES string of the molecule is O=C(O)C1(C(=O)O)C=CC(C(O)C(O)c2ccccc2)=CC1. The average molecular weight is 304 g/mol. The highest BCUT2D eigenvalue weighted by atomic mass is 16.4. The van der Waals surface area contributed by atoms with Crippen molar-refractivity contribution in [1.82, 2.24) is 0 Å². The second-order valence-electron chi connectivity index (χ2n) is 5.12. The van der Waals surface area contributed by atoms with Gasteiger partial charge in [0.2, 0.25) is 0 Å². The molecule has 0 bridgehead atoms. The third-order valence-electron chi connectivity index (χ3n) is 3.76. The molecule has 6 nitrogen and oxygen atoms in total. The Morgan fingerprint density at radius 3 is 2.05 bits per heavy atom. The van der Waals surface area contributed by atoms with Crippen molar-refractivity contribution in [2.45, 2.75) is 18.6 Å². The molecule has 116 valence electrons. The van der Waals surface area contributed by atoms with Gasteiger partial charge in [-0.05, 0) is 17.6 Å². The number of aliphatic hydroxyl groups is 2. The first-order chi connectivity index (χ1) is 10.4. The van der Waals surface area contributed by atoms with Gasteiger partial charge in [0.25, 0.3) is 0 Å². The maximum atomic E-state index is 11.2. The number of carboxylic acid groups (broad SMARTS) is 2. The van der Waals surface area contributed by atoms with Gasteiger partial charge in [-0.25, -0.2) is 0 Å². The Kier molecular flexibility index (Phi) is 4.44. The molecule has 0 amide bonds. The van der Waals surface area contributed by atoms with Gasteiger partial charge in [0.15, 0.2) is 5.41 Å². The zero-order chi connectivity index (χ0) is 16.3. The second-order valence-corrected chi connectivity index (χ2v) is 5.12. The maximum absolute atomic E-state index is 11.2. The lowest BCUT2D eigenvalue weighted by molar-refractivity contribution is -0.160. The lowest BCUT2D eigenvalue weighted by Gasteiger charge is -2.26. The molecule has 0 aliphatic heterocycles. The number of carbonyl (C=O) groups is 2. The molecule has 22 heavy (non-hydrogen) atoms. The monoisotopic (exact) mass is 304 g/mol. The number of aliphatic hydroxyl groups excluding tert-OH is 2. The van der Waals surface area contributed by atoms with E-state index >= 15 is 0 Å². The van der Waals surface area contributed by atoms with Crippen LogP contribution in [-0.4, -0.2) is 38.5 Å². The van der Waals surface area contributed by atoms with Crippen LogP contribution in [0.5, 0.6) is 0 Å². The normalized spacial score (nSPS) is 19.1. The van der Waals surface area contributed by atoms with Crippen LogP contribution in [-0.2, 0) is 9.59 Å². The zero-order valence-corrected chi connectivity index (χ0v) is 11.6. The van der Waals surface area contributed by atoms with Crippen molar-refractivity contribution in [2.75, 3.05) is 0 Å². The van der Waals surface area contributed by atoms with Gasteiger partial charge in [0.1, 0.15) is 12.2 Å². The van der Waals surface area contributed by atoms with Crippen molar-refractivity contribution < 1.29 is 30.0 Å². The number of aliphatic carboxylic acids is 2. The molecule has 1 aliphatic carbocycles. The van der Waals surface area contributed by atoms with Crippen molar-refractivity contribution in [3.8, 4) is 0 Å².